The van der Waals surface area contributed by atoms with Gasteiger partial charge in [-0.2, -0.15) is 0 Å². The molecule has 0 N–H and O–H groups in total. The van der Waals surface area contributed by atoms with Gasteiger partial charge in [0.05, 0.1) is 0 Å². The topological polar surface area (TPSA) is 12.9 Å². The first-order valence-corrected chi connectivity index (χ1v) is 2.77. The Labute approximate surface area is 63.7 Å². The van der Waals surface area contributed by atoms with Crippen molar-refractivity contribution in [3.8, 4) is 10.5 Å². The third-order valence-electron chi connectivity index (χ3n) is 0.918. The Bertz CT molecular complexity index is 232. The van der Waals surface area contributed by atoms with E-state index in [2.05, 4.69) is 15.5 Å². The van der Waals surface area contributed by atoms with Gasteiger partial charge >= 0.3 is 63.3 Å². The summed E-state index contributed by atoms with van der Waals surface area (Å²) in [6.45, 7) is 0. The van der Waals surface area contributed by atoms with Crippen LogP contribution in [0.3, 0.4) is 0 Å². The summed E-state index contributed by atoms with van der Waals surface area (Å²) >= 11 is 1.80. The molecule has 0 atom stereocenters. The van der Waals surface area contributed by atoms with Crippen LogP contribution in [-0.2, 0) is 0 Å². The van der Waals surface area contributed by atoms with Gasteiger partial charge in [0, 0.05) is 0 Å². The summed E-state index contributed by atoms with van der Waals surface area (Å²) in [5.74, 6) is 2.85. The Kier molecular flexibility index (Phi) is 2.40. The van der Waals surface area contributed by atoms with Crippen LogP contribution in [0.2, 0.25) is 0 Å². The molecule has 0 aromatic carbocycles. The molecule has 2 heteroatoms. The van der Waals surface area contributed by atoms with E-state index in [-0.39, 0.29) is 0 Å². The molecule has 1 nitrogen and oxygen atoms in total. The summed E-state index contributed by atoms with van der Waals surface area (Å²) in [6.07, 6.45) is 1.74. The molecule has 0 spiro atoms. The molecule has 9 heavy (non-hydrogen) atoms. The first-order chi connectivity index (χ1) is 4.43. The van der Waals surface area contributed by atoms with Gasteiger partial charge in [-0.25, -0.2) is 0 Å². The number of hydrogen-bond acceptors (Lipinski definition) is 1. The molecule has 0 saturated heterocycles. The normalized spacial score (nSPS) is 7.78. The fourth-order valence-electron chi connectivity index (χ4n) is 0.565. The second kappa shape index (κ2) is 3.36. The Morgan fingerprint density at radius 3 is 2.89 bits per heavy atom. The van der Waals surface area contributed by atoms with Gasteiger partial charge in [-0.3, -0.25) is 0 Å². The predicted octanol–water partition coefficient (Wildman–Crippen LogP) is 0.559. The van der Waals surface area contributed by atoms with E-state index in [4.69, 9.17) is 0 Å². The molecular formula is C7H4LiN. The van der Waals surface area contributed by atoms with Crippen LogP contribution in [0.1, 0.15) is 5.69 Å². The van der Waals surface area contributed by atoms with Gasteiger partial charge in [-0.15, -0.1) is 0 Å². The summed E-state index contributed by atoms with van der Waals surface area (Å²) in [5, 5.41) is 0. The molecule has 0 amide bonds. The monoisotopic (exact) mass is 109 g/mol. The summed E-state index contributed by atoms with van der Waals surface area (Å²) in [4.78, 5) is 3.99. The SMILES string of the molecule is [Li][C]#Cc1ccccn1. The van der Waals surface area contributed by atoms with E-state index in [9.17, 15) is 0 Å². The molecule has 1 aromatic rings. The van der Waals surface area contributed by atoms with Crippen LogP contribution in [0.5, 0.6) is 0 Å². The number of nitrogens with zero attached hydrogens (tertiary/aromatic N) is 1. The second-order valence-electron chi connectivity index (χ2n) is 1.59. The van der Waals surface area contributed by atoms with Crippen LogP contribution in [0, 0.1) is 10.5 Å². The van der Waals surface area contributed by atoms with Crippen molar-refractivity contribution in [3.05, 3.63) is 30.1 Å². The van der Waals surface area contributed by atoms with Crippen molar-refractivity contribution in [1.29, 1.82) is 0 Å². The van der Waals surface area contributed by atoms with Crippen molar-refractivity contribution >= 4 is 17.7 Å². The third kappa shape index (κ3) is 1.94. The van der Waals surface area contributed by atoms with Crippen molar-refractivity contribution in [2.45, 2.75) is 0 Å². The molecule has 1 heterocycles. The fourth-order valence-corrected chi connectivity index (χ4v) is 0.565. The fraction of sp³-hybridized carbons (Fsp3) is 0. The Balaban J connectivity index is 2.94. The van der Waals surface area contributed by atoms with E-state index in [1.54, 1.807) is 23.9 Å². The molecule has 1 aromatic heterocycles. The van der Waals surface area contributed by atoms with Crippen molar-refractivity contribution in [2.24, 2.45) is 0 Å². The van der Waals surface area contributed by atoms with Crippen molar-refractivity contribution in [2.75, 3.05) is 0 Å². The first-order valence-electron chi connectivity index (χ1n) is 2.77. The standard InChI is InChI=1S/C7H4N.Li/c1-2-7-5-3-4-6-8-7;/h3-6H;. The number of pyridine rings is 1. The Morgan fingerprint density at radius 1 is 1.44 bits per heavy atom. The Hall–Kier alpha value is -0.693. The van der Waals surface area contributed by atoms with Gasteiger partial charge in [0.15, 0.2) is 0 Å². The molecule has 0 fully saturated rings. The van der Waals surface area contributed by atoms with Gasteiger partial charge in [-0.1, -0.05) is 0 Å². The van der Waals surface area contributed by atoms with E-state index in [0.29, 0.717) is 0 Å². The molecule has 0 aliphatic rings. The van der Waals surface area contributed by atoms with Crippen molar-refractivity contribution in [1.82, 2.24) is 4.98 Å². The zero-order chi connectivity index (χ0) is 6.53. The van der Waals surface area contributed by atoms with Crippen molar-refractivity contribution < 1.29 is 0 Å². The molecule has 0 aliphatic carbocycles. The van der Waals surface area contributed by atoms with Crippen LogP contribution in [0.4, 0.5) is 0 Å². The predicted molar refractivity (Wildman–Crippen MR) is 36.9 cm³/mol. The molecule has 0 bridgehead atoms. The summed E-state index contributed by atoms with van der Waals surface area (Å²) in [5.41, 5.74) is 0.833. The minimum atomic E-state index is 0.833. The van der Waals surface area contributed by atoms with Gasteiger partial charge in [-0.05, 0) is 0 Å². The number of hydrogen-bond donors (Lipinski definition) is 0. The van der Waals surface area contributed by atoms with Crippen LogP contribution in [0.25, 0.3) is 0 Å². The van der Waals surface area contributed by atoms with E-state index < -0.39 is 0 Å². The van der Waals surface area contributed by atoms with Crippen molar-refractivity contribution in [3.63, 3.8) is 0 Å². The summed E-state index contributed by atoms with van der Waals surface area (Å²) in [6, 6.07) is 5.68. The van der Waals surface area contributed by atoms with E-state index in [1.165, 1.54) is 0 Å². The van der Waals surface area contributed by atoms with Gasteiger partial charge in [0.1, 0.15) is 0 Å². The quantitative estimate of drug-likeness (QED) is 0.350. The molecule has 0 saturated carbocycles. The molecule has 0 radical (unpaired) electrons. The van der Waals surface area contributed by atoms with Crippen LogP contribution in [0.15, 0.2) is 24.4 Å². The molecule has 1 rings (SSSR count). The number of rotatable bonds is 0. The molecule has 38 valence electrons. The van der Waals surface area contributed by atoms with E-state index >= 15 is 0 Å². The zero-order valence-corrected chi connectivity index (χ0v) is 5.26. The molecule has 0 unspecified atom stereocenters. The molecule has 0 aliphatic heterocycles. The van der Waals surface area contributed by atoms with Crippen LogP contribution in [-0.4, -0.2) is 22.7 Å². The maximum atomic E-state index is 3.99. The third-order valence-corrected chi connectivity index (χ3v) is 0.918. The van der Waals surface area contributed by atoms with E-state index in [1.807, 2.05) is 18.2 Å². The molecular weight excluding hydrogens is 105 g/mol. The van der Waals surface area contributed by atoms with Gasteiger partial charge in [0.2, 0.25) is 0 Å². The number of aromatic nitrogens is 1. The summed E-state index contributed by atoms with van der Waals surface area (Å²) in [7, 11) is 0. The van der Waals surface area contributed by atoms with Crippen LogP contribution >= 0.6 is 0 Å². The summed E-state index contributed by atoms with van der Waals surface area (Å²) < 4.78 is 2.77. The van der Waals surface area contributed by atoms with Crippen LogP contribution < -0.4 is 0 Å². The second-order valence-corrected chi connectivity index (χ2v) is 1.59. The average molecular weight is 109 g/mol. The van der Waals surface area contributed by atoms with Gasteiger partial charge in [0.25, 0.3) is 0 Å². The maximum absolute atomic E-state index is 3.99. The average Bonchev–Trinajstić information content (AvgIpc) is 1.91. The van der Waals surface area contributed by atoms with Gasteiger partial charge < -0.3 is 0 Å². The minimum absolute atomic E-state index is 0.833. The zero-order valence-electron chi connectivity index (χ0n) is 5.26. The van der Waals surface area contributed by atoms with E-state index in [0.717, 1.165) is 5.69 Å². The Morgan fingerprint density at radius 2 is 2.33 bits per heavy atom. The first kappa shape index (κ1) is 6.43.